The molecule has 2 amide bonds. The molecule has 4 heterocycles. The third-order valence-electron chi connectivity index (χ3n) is 8.50. The molecule has 1 saturated heterocycles. The Balaban J connectivity index is 1.59. The first-order chi connectivity index (χ1) is 21.8. The lowest BCUT2D eigenvalue weighted by Crippen LogP contribution is -2.68. The summed E-state index contributed by atoms with van der Waals surface area (Å²) in [6.45, 7) is 2.44. The molecule has 2 aromatic heterocycles. The normalized spacial score (nSPS) is 20.4. The second-order valence-electron chi connectivity index (χ2n) is 11.4. The largest absolute Gasteiger partial charge is 0.474 e. The van der Waals surface area contributed by atoms with Gasteiger partial charge in [-0.15, -0.1) is 23.1 Å². The molecular weight excluding hydrogens is 652 g/mol. The van der Waals surface area contributed by atoms with Gasteiger partial charge in [-0.3, -0.25) is 14.6 Å². The number of benzene rings is 1. The number of amides is 2. The second kappa shape index (κ2) is 13.5. The second-order valence-corrected chi connectivity index (χ2v) is 13.2. The SMILES string of the molecule is CCCC[C@H]1N(C(=O)c2ncccc2C(F)(F)F)CCC[C@@]1(Oc1csc(C(F)(F)F)c1)C(=O)N1CCc2cc(SC)ccc2C1. The van der Waals surface area contributed by atoms with Gasteiger partial charge in [0.1, 0.15) is 16.3 Å². The maximum Gasteiger partial charge on any atom is 0.425 e. The summed E-state index contributed by atoms with van der Waals surface area (Å²) in [5, 5.41) is 1.17. The van der Waals surface area contributed by atoms with Gasteiger partial charge in [0.2, 0.25) is 5.60 Å². The van der Waals surface area contributed by atoms with Crippen molar-refractivity contribution in [2.75, 3.05) is 19.3 Å². The molecule has 0 N–H and O–H groups in total. The molecule has 0 radical (unpaired) electrons. The number of hydrogen-bond donors (Lipinski definition) is 0. The number of pyridine rings is 1. The third kappa shape index (κ3) is 6.87. The van der Waals surface area contributed by atoms with E-state index in [9.17, 15) is 35.9 Å². The molecule has 1 fully saturated rings. The number of likely N-dealkylation sites (tertiary alicyclic amines) is 1. The number of alkyl halides is 6. The van der Waals surface area contributed by atoms with E-state index in [1.807, 2.05) is 25.3 Å². The van der Waals surface area contributed by atoms with Gasteiger partial charge in [-0.25, -0.2) is 0 Å². The summed E-state index contributed by atoms with van der Waals surface area (Å²) >= 11 is 2.01. The van der Waals surface area contributed by atoms with E-state index in [-0.39, 0.29) is 38.1 Å². The van der Waals surface area contributed by atoms with Crippen LogP contribution in [0.1, 0.15) is 71.1 Å². The average Bonchev–Trinajstić information content (AvgIpc) is 3.51. The van der Waals surface area contributed by atoms with Crippen LogP contribution in [0.5, 0.6) is 5.75 Å². The maximum atomic E-state index is 14.8. The van der Waals surface area contributed by atoms with Crippen LogP contribution >= 0.6 is 23.1 Å². The number of halogens is 6. The number of thioether (sulfide) groups is 1. The van der Waals surface area contributed by atoms with Crippen molar-refractivity contribution in [3.8, 4) is 5.75 Å². The van der Waals surface area contributed by atoms with Gasteiger partial charge in [0.05, 0.1) is 11.6 Å². The zero-order chi connectivity index (χ0) is 33.3. The Labute approximate surface area is 271 Å². The first kappa shape index (κ1) is 34.1. The highest BCUT2D eigenvalue weighted by molar-refractivity contribution is 7.98. The van der Waals surface area contributed by atoms with Gasteiger partial charge in [-0.05, 0) is 60.9 Å². The monoisotopic (exact) mass is 685 g/mol. The van der Waals surface area contributed by atoms with E-state index >= 15 is 0 Å². The first-order valence-electron chi connectivity index (χ1n) is 14.9. The summed E-state index contributed by atoms with van der Waals surface area (Å²) in [6, 6.07) is 7.57. The predicted molar refractivity (Wildman–Crippen MR) is 163 cm³/mol. The molecule has 248 valence electrons. The number of carbonyl (C=O) groups is 2. The summed E-state index contributed by atoms with van der Waals surface area (Å²) in [5.74, 6) is -1.70. The van der Waals surface area contributed by atoms with E-state index in [0.29, 0.717) is 37.1 Å². The fourth-order valence-corrected chi connectivity index (χ4v) is 7.44. The molecule has 46 heavy (non-hydrogen) atoms. The number of nitrogens with zero attached hydrogens (tertiary/aromatic N) is 3. The third-order valence-corrected chi connectivity index (χ3v) is 10.2. The van der Waals surface area contributed by atoms with E-state index in [0.717, 1.165) is 40.4 Å². The molecule has 0 saturated carbocycles. The number of rotatable bonds is 8. The van der Waals surface area contributed by atoms with Crippen molar-refractivity contribution in [3.63, 3.8) is 0 Å². The molecule has 2 aliphatic heterocycles. The van der Waals surface area contributed by atoms with Crippen LogP contribution in [0, 0.1) is 0 Å². The number of ether oxygens (including phenoxy) is 1. The van der Waals surface area contributed by atoms with Crippen LogP contribution in [0.4, 0.5) is 26.3 Å². The van der Waals surface area contributed by atoms with Crippen LogP contribution in [-0.2, 0) is 30.1 Å². The van der Waals surface area contributed by atoms with Crippen molar-refractivity contribution in [1.29, 1.82) is 0 Å². The molecule has 0 aliphatic carbocycles. The van der Waals surface area contributed by atoms with E-state index in [4.69, 9.17) is 4.74 Å². The lowest BCUT2D eigenvalue weighted by atomic mass is 9.79. The Bertz CT molecular complexity index is 1580. The minimum Gasteiger partial charge on any atom is -0.474 e. The molecule has 0 unspecified atom stereocenters. The topological polar surface area (TPSA) is 62.7 Å². The summed E-state index contributed by atoms with van der Waals surface area (Å²) in [6.07, 6.45) is -4.38. The number of piperidine rings is 1. The molecule has 3 aromatic rings. The average molecular weight is 686 g/mol. The molecule has 6 nitrogen and oxygen atoms in total. The van der Waals surface area contributed by atoms with Gasteiger partial charge in [-0.1, -0.05) is 25.8 Å². The van der Waals surface area contributed by atoms with Crippen LogP contribution < -0.4 is 4.74 Å². The molecule has 0 spiro atoms. The van der Waals surface area contributed by atoms with Crippen LogP contribution in [0.3, 0.4) is 0 Å². The van der Waals surface area contributed by atoms with E-state index < -0.39 is 51.9 Å². The Morgan fingerprint density at radius 3 is 2.54 bits per heavy atom. The number of hydrogen-bond acceptors (Lipinski definition) is 6. The molecule has 5 rings (SSSR count). The molecule has 1 aromatic carbocycles. The van der Waals surface area contributed by atoms with Crippen molar-refractivity contribution < 1.29 is 40.7 Å². The highest BCUT2D eigenvalue weighted by atomic mass is 32.2. The Morgan fingerprint density at radius 1 is 1.09 bits per heavy atom. The van der Waals surface area contributed by atoms with E-state index in [1.165, 1.54) is 10.3 Å². The summed E-state index contributed by atoms with van der Waals surface area (Å²) in [5.41, 5.74) is -1.86. The van der Waals surface area contributed by atoms with Crippen molar-refractivity contribution >= 4 is 34.9 Å². The lowest BCUT2D eigenvalue weighted by Gasteiger charge is -2.50. The van der Waals surface area contributed by atoms with Gasteiger partial charge < -0.3 is 14.5 Å². The lowest BCUT2D eigenvalue weighted by molar-refractivity contribution is -0.160. The van der Waals surface area contributed by atoms with Crippen LogP contribution in [0.2, 0.25) is 0 Å². The number of fused-ring (bicyclic) bond motifs is 1. The van der Waals surface area contributed by atoms with Gasteiger partial charge in [-0.2, -0.15) is 26.3 Å². The number of aromatic nitrogens is 1. The molecule has 0 bridgehead atoms. The Kier molecular flexibility index (Phi) is 9.97. The molecule has 2 aliphatic rings. The van der Waals surface area contributed by atoms with Crippen LogP contribution in [0.15, 0.2) is 52.9 Å². The minimum absolute atomic E-state index is 0.0250. The zero-order valence-corrected chi connectivity index (χ0v) is 26.8. The first-order valence-corrected chi connectivity index (χ1v) is 17.0. The zero-order valence-electron chi connectivity index (χ0n) is 25.2. The van der Waals surface area contributed by atoms with Gasteiger partial charge in [0.25, 0.3) is 11.8 Å². The summed E-state index contributed by atoms with van der Waals surface area (Å²) in [7, 11) is 0. The quantitative estimate of drug-likeness (QED) is 0.177. The summed E-state index contributed by atoms with van der Waals surface area (Å²) < 4.78 is 89.0. The van der Waals surface area contributed by atoms with Gasteiger partial charge >= 0.3 is 12.4 Å². The van der Waals surface area contributed by atoms with E-state index in [1.54, 1.807) is 16.7 Å². The standard InChI is InChI=1S/C32H33F6N3O3S2/c1-3-4-8-25-30(44-22-17-26(46-19-22)32(36,37)38,29(43)40-15-11-20-16-23(45-2)10-9-21(20)18-40)12-6-14-41(25)28(42)27-24(31(33,34)35)7-5-13-39-27/h5,7,9-10,13,16-17,19,25H,3-4,6,8,11-12,14-15,18H2,1-2H3/t25-,30+/m1/s1. The summed E-state index contributed by atoms with van der Waals surface area (Å²) in [4.78, 5) is 35.5. The van der Waals surface area contributed by atoms with Crippen LogP contribution in [-0.4, -0.2) is 57.6 Å². The van der Waals surface area contributed by atoms with Crippen LogP contribution in [0.25, 0.3) is 0 Å². The van der Waals surface area contributed by atoms with Gasteiger partial charge in [0.15, 0.2) is 0 Å². The minimum atomic E-state index is -4.86. The fourth-order valence-electron chi connectivity index (χ4n) is 6.30. The van der Waals surface area contributed by atoms with Gasteiger partial charge in [0, 0.05) is 48.6 Å². The highest BCUT2D eigenvalue weighted by Crippen LogP contribution is 2.43. The number of carbonyl (C=O) groups excluding carboxylic acids is 2. The molecule has 14 heteroatoms. The number of unbranched alkanes of at least 4 members (excludes halogenated alkanes) is 1. The fraction of sp³-hybridized carbons (Fsp3) is 0.469. The van der Waals surface area contributed by atoms with E-state index in [2.05, 4.69) is 11.1 Å². The Hall–Kier alpha value is -3.26. The molecule has 2 atom stereocenters. The maximum absolute atomic E-state index is 14.8. The predicted octanol–water partition coefficient (Wildman–Crippen LogP) is 8.10. The Morgan fingerprint density at radius 2 is 1.87 bits per heavy atom. The highest BCUT2D eigenvalue weighted by Gasteiger charge is 2.56. The van der Waals surface area contributed by atoms with Crippen molar-refractivity contribution in [3.05, 3.63) is 75.2 Å². The smallest absolute Gasteiger partial charge is 0.425 e. The van der Waals surface area contributed by atoms with Crippen molar-refractivity contribution in [2.45, 2.75) is 80.9 Å². The van der Waals surface area contributed by atoms with Crippen molar-refractivity contribution in [2.24, 2.45) is 0 Å². The van der Waals surface area contributed by atoms with Crippen molar-refractivity contribution in [1.82, 2.24) is 14.8 Å². The molecular formula is C32H33F6N3O3S2. The number of thiophene rings is 1.